The van der Waals surface area contributed by atoms with Gasteiger partial charge in [-0.25, -0.2) is 0 Å². The minimum atomic E-state index is -0.871. The summed E-state index contributed by atoms with van der Waals surface area (Å²) in [5, 5.41) is 8.47. The van der Waals surface area contributed by atoms with Crippen molar-refractivity contribution in [2.45, 2.75) is 6.42 Å². The molecule has 38 heavy (non-hydrogen) atoms. The van der Waals surface area contributed by atoms with E-state index in [4.69, 9.17) is 52.5 Å². The largest absolute Gasteiger partial charge is 0.481 e. The van der Waals surface area contributed by atoms with Crippen molar-refractivity contribution in [3.8, 4) is 0 Å². The minimum absolute atomic E-state index is 0.00183. The topological polar surface area (TPSA) is 130 Å². The number of carboxylic acids is 1. The van der Waals surface area contributed by atoms with Crippen LogP contribution < -0.4 is 0 Å². The molecule has 0 radical (unpaired) electrons. The lowest BCUT2D eigenvalue weighted by Gasteiger charge is -2.09. The molecule has 0 aromatic rings. The molecule has 0 aliphatic carbocycles. The van der Waals surface area contributed by atoms with Gasteiger partial charge in [0.15, 0.2) is 0 Å². The second kappa shape index (κ2) is 34.8. The van der Waals surface area contributed by atoms with Gasteiger partial charge in [0.05, 0.1) is 139 Å². The first kappa shape index (κ1) is 37.8. The minimum Gasteiger partial charge on any atom is -0.481 e. The van der Waals surface area contributed by atoms with Gasteiger partial charge in [0, 0.05) is 5.75 Å². The Morgan fingerprint density at radius 3 is 0.921 bits per heavy atom. The molecule has 0 unspecified atom stereocenters. The van der Waals surface area contributed by atoms with Crippen molar-refractivity contribution in [1.82, 2.24) is 0 Å². The lowest BCUT2D eigenvalue weighted by Crippen LogP contribution is -2.15. The van der Waals surface area contributed by atoms with E-state index in [1.54, 1.807) is 21.6 Å². The quantitative estimate of drug-likeness (QED) is 0.0858. The Morgan fingerprint density at radius 2 is 0.684 bits per heavy atom. The predicted molar refractivity (Wildman–Crippen MR) is 146 cm³/mol. The molecule has 1 N–H and O–H groups in total. The molecule has 0 heterocycles. The van der Waals surface area contributed by atoms with E-state index in [0.29, 0.717) is 119 Å². The molecule has 0 aliphatic heterocycles. The molecule has 0 aliphatic rings. The number of aliphatic carboxylic acids is 1. The van der Waals surface area contributed by atoms with Gasteiger partial charge in [-0.3, -0.25) is 4.79 Å². The highest BCUT2D eigenvalue weighted by molar-refractivity contribution is 8.76. The Kier molecular flexibility index (Phi) is 34.6. The number of hydrogen-bond donors (Lipinski definition) is 1. The van der Waals surface area contributed by atoms with E-state index >= 15 is 0 Å². The van der Waals surface area contributed by atoms with Crippen LogP contribution in [0, 0.1) is 0 Å². The third-order valence-corrected chi connectivity index (χ3v) is 6.01. The molecule has 0 aromatic heterocycles. The van der Waals surface area contributed by atoms with Gasteiger partial charge in [0.1, 0.15) is 0 Å². The molecule has 0 rings (SSSR count). The molecule has 0 amide bonds. The highest BCUT2D eigenvalue weighted by atomic mass is 33.1. The van der Waals surface area contributed by atoms with Crippen molar-refractivity contribution in [3.63, 3.8) is 0 Å². The zero-order chi connectivity index (χ0) is 27.6. The van der Waals surface area contributed by atoms with Gasteiger partial charge in [0.2, 0.25) is 0 Å². The monoisotopic (exact) mass is 592 g/mol. The summed E-state index contributed by atoms with van der Waals surface area (Å²) < 4.78 is 53.9. The van der Waals surface area contributed by atoms with Crippen LogP contribution >= 0.6 is 21.6 Å². The molecular formula is C24H48O12S2. The Balaban J connectivity index is 3.02. The second-order valence-electron chi connectivity index (χ2n) is 7.26. The van der Waals surface area contributed by atoms with E-state index in [0.717, 1.165) is 12.4 Å². The SMILES string of the molecule is CSSCCOCCOCCOCCOCCOCCOCCOCCOCCOCCOCCC(=O)O. The number of carboxylic acid groups (broad SMARTS) is 1. The fourth-order valence-corrected chi connectivity index (χ4v) is 3.47. The van der Waals surface area contributed by atoms with E-state index in [9.17, 15) is 4.79 Å². The number of ether oxygens (including phenoxy) is 10. The first-order chi connectivity index (χ1) is 18.8. The smallest absolute Gasteiger partial charge is 0.305 e. The summed E-state index contributed by atoms with van der Waals surface area (Å²) in [6, 6.07) is 0. The molecule has 12 nitrogen and oxygen atoms in total. The molecule has 0 bridgehead atoms. The molecule has 0 atom stereocenters. The first-order valence-electron chi connectivity index (χ1n) is 12.9. The molecule has 0 spiro atoms. The zero-order valence-corrected chi connectivity index (χ0v) is 24.4. The summed E-state index contributed by atoms with van der Waals surface area (Å²) in [6.45, 7) is 9.99. The zero-order valence-electron chi connectivity index (χ0n) is 22.8. The van der Waals surface area contributed by atoms with Crippen molar-refractivity contribution in [3.05, 3.63) is 0 Å². The summed E-state index contributed by atoms with van der Waals surface area (Å²) in [5.41, 5.74) is 0. The van der Waals surface area contributed by atoms with Crippen LogP contribution in [-0.4, -0.2) is 155 Å². The van der Waals surface area contributed by atoms with E-state index in [2.05, 4.69) is 6.26 Å². The van der Waals surface area contributed by atoms with Gasteiger partial charge in [-0.05, 0) is 6.26 Å². The summed E-state index contributed by atoms with van der Waals surface area (Å²) in [4.78, 5) is 10.3. The van der Waals surface area contributed by atoms with Gasteiger partial charge in [-0.1, -0.05) is 21.6 Å². The van der Waals surface area contributed by atoms with E-state index in [1.165, 1.54) is 0 Å². The fourth-order valence-electron chi connectivity index (χ4n) is 2.42. The van der Waals surface area contributed by atoms with Crippen molar-refractivity contribution in [1.29, 1.82) is 0 Å². The van der Waals surface area contributed by atoms with Gasteiger partial charge in [-0.2, -0.15) is 0 Å². The van der Waals surface area contributed by atoms with Crippen molar-refractivity contribution in [2.24, 2.45) is 0 Å². The molecular weight excluding hydrogens is 544 g/mol. The van der Waals surface area contributed by atoms with Crippen molar-refractivity contribution >= 4 is 27.6 Å². The van der Waals surface area contributed by atoms with Crippen LogP contribution in [0.4, 0.5) is 0 Å². The van der Waals surface area contributed by atoms with Crippen LogP contribution in [0.15, 0.2) is 0 Å². The summed E-state index contributed by atoms with van der Waals surface area (Å²) in [5.74, 6) is 0.124. The van der Waals surface area contributed by atoms with Gasteiger partial charge < -0.3 is 52.5 Å². The van der Waals surface area contributed by atoms with Crippen molar-refractivity contribution in [2.75, 3.05) is 144 Å². The maximum Gasteiger partial charge on any atom is 0.305 e. The van der Waals surface area contributed by atoms with Crippen LogP contribution in [0.25, 0.3) is 0 Å². The molecule has 14 heteroatoms. The Hall–Kier alpha value is -0.230. The maximum absolute atomic E-state index is 10.3. The van der Waals surface area contributed by atoms with Gasteiger partial charge >= 0.3 is 5.97 Å². The number of rotatable bonds is 34. The lowest BCUT2D eigenvalue weighted by atomic mass is 10.5. The maximum atomic E-state index is 10.3. The highest BCUT2D eigenvalue weighted by Crippen LogP contribution is 2.15. The van der Waals surface area contributed by atoms with E-state index < -0.39 is 5.97 Å². The summed E-state index contributed by atoms with van der Waals surface area (Å²) in [7, 11) is 3.54. The highest BCUT2D eigenvalue weighted by Gasteiger charge is 1.97. The Bertz CT molecular complexity index is 466. The van der Waals surface area contributed by atoms with Crippen LogP contribution in [0.2, 0.25) is 0 Å². The Morgan fingerprint density at radius 1 is 0.447 bits per heavy atom. The molecule has 0 saturated carbocycles. The second-order valence-corrected chi connectivity index (χ2v) is 9.94. The molecule has 0 saturated heterocycles. The Labute approximate surface area is 235 Å². The van der Waals surface area contributed by atoms with Gasteiger partial charge in [0.25, 0.3) is 0 Å². The number of carbonyl (C=O) groups is 1. The third kappa shape index (κ3) is 35.8. The standard InChI is InChI=1S/C24H48O12S2/c1-37-38-23-22-36-21-20-35-19-18-34-17-16-33-15-14-32-13-12-31-11-10-30-9-8-29-7-6-28-5-4-27-3-2-24(25)26/h2-23H2,1H3,(H,25,26). The van der Waals surface area contributed by atoms with E-state index in [1.807, 2.05) is 0 Å². The third-order valence-electron chi connectivity index (χ3n) is 4.24. The molecule has 0 aromatic carbocycles. The van der Waals surface area contributed by atoms with Crippen LogP contribution in [0.3, 0.4) is 0 Å². The van der Waals surface area contributed by atoms with Gasteiger partial charge in [-0.15, -0.1) is 0 Å². The van der Waals surface area contributed by atoms with E-state index in [-0.39, 0.29) is 13.0 Å². The van der Waals surface area contributed by atoms with Crippen molar-refractivity contribution < 1.29 is 57.3 Å². The molecule has 0 fully saturated rings. The average Bonchev–Trinajstić information content (AvgIpc) is 2.91. The predicted octanol–water partition coefficient (Wildman–Crippen LogP) is 1.64. The first-order valence-corrected chi connectivity index (χ1v) is 15.6. The van der Waals surface area contributed by atoms with Crippen LogP contribution in [0.1, 0.15) is 6.42 Å². The average molecular weight is 593 g/mol. The van der Waals surface area contributed by atoms with Crippen LogP contribution in [0.5, 0.6) is 0 Å². The lowest BCUT2D eigenvalue weighted by molar-refractivity contribution is -0.138. The fraction of sp³-hybridized carbons (Fsp3) is 0.958. The van der Waals surface area contributed by atoms with Crippen LogP contribution in [-0.2, 0) is 52.2 Å². The molecule has 228 valence electrons. The summed E-state index contributed by atoms with van der Waals surface area (Å²) >= 11 is 0. The summed E-state index contributed by atoms with van der Waals surface area (Å²) in [6.07, 6.45) is 2.06. The normalized spacial score (nSPS) is 11.4. The number of hydrogen-bond acceptors (Lipinski definition) is 13.